The van der Waals surface area contributed by atoms with Gasteiger partial charge in [-0.25, -0.2) is 9.97 Å². The molecule has 1 fully saturated rings. The minimum Gasteiger partial charge on any atom is -0.464 e. The Balaban J connectivity index is 1.40. The molecule has 0 N–H and O–H groups in total. The highest BCUT2D eigenvalue weighted by atomic mass is 16.3. The van der Waals surface area contributed by atoms with Gasteiger partial charge in [-0.2, -0.15) is 0 Å². The maximum atomic E-state index is 12.6. The third-order valence-corrected chi connectivity index (χ3v) is 4.37. The second kappa shape index (κ2) is 6.31. The van der Waals surface area contributed by atoms with E-state index in [1.165, 1.54) is 0 Å². The van der Waals surface area contributed by atoms with Crippen LogP contribution < -0.4 is 4.90 Å². The number of carbonyl (C=O) groups excluding carboxylic acids is 1. The first-order valence-corrected chi connectivity index (χ1v) is 8.06. The number of benzene rings is 1. The number of amides is 1. The molecule has 6 nitrogen and oxygen atoms in total. The van der Waals surface area contributed by atoms with Crippen LogP contribution in [-0.4, -0.2) is 47.0 Å². The standard InChI is InChI=1S/C18H18N4O2/c23-17(12-14-13-24-16-5-2-1-4-15(14)16)21-8-10-22(11-9-21)18-19-6-3-7-20-18/h1-7,13H,8-12H2. The Labute approximate surface area is 139 Å². The van der Waals surface area contributed by atoms with E-state index in [1.807, 2.05) is 29.2 Å². The molecule has 1 aliphatic rings. The number of para-hydroxylation sites is 1. The summed E-state index contributed by atoms with van der Waals surface area (Å²) in [5, 5.41) is 1.02. The molecule has 0 bridgehead atoms. The van der Waals surface area contributed by atoms with E-state index in [0.29, 0.717) is 19.5 Å². The summed E-state index contributed by atoms with van der Waals surface area (Å²) >= 11 is 0. The molecule has 122 valence electrons. The fraction of sp³-hybridized carbons (Fsp3) is 0.278. The van der Waals surface area contributed by atoms with Crippen LogP contribution in [0.5, 0.6) is 0 Å². The van der Waals surface area contributed by atoms with Gasteiger partial charge < -0.3 is 14.2 Å². The monoisotopic (exact) mass is 322 g/mol. The minimum absolute atomic E-state index is 0.134. The predicted molar refractivity (Wildman–Crippen MR) is 90.7 cm³/mol. The molecule has 0 atom stereocenters. The molecule has 1 aliphatic heterocycles. The first kappa shape index (κ1) is 14.7. The molecule has 0 saturated carbocycles. The van der Waals surface area contributed by atoms with Gasteiger partial charge in [0.2, 0.25) is 11.9 Å². The van der Waals surface area contributed by atoms with Crippen molar-refractivity contribution in [2.24, 2.45) is 0 Å². The molecule has 3 heterocycles. The number of hydrogen-bond donors (Lipinski definition) is 0. The number of fused-ring (bicyclic) bond motifs is 1. The lowest BCUT2D eigenvalue weighted by atomic mass is 10.1. The molecule has 0 spiro atoms. The van der Waals surface area contributed by atoms with Gasteiger partial charge in [-0.1, -0.05) is 18.2 Å². The molecule has 0 radical (unpaired) electrons. The summed E-state index contributed by atoms with van der Waals surface area (Å²) in [5.41, 5.74) is 1.77. The van der Waals surface area contributed by atoms with Gasteiger partial charge in [0.15, 0.2) is 0 Å². The molecule has 0 unspecified atom stereocenters. The Morgan fingerprint density at radius 3 is 2.58 bits per heavy atom. The quantitative estimate of drug-likeness (QED) is 0.739. The largest absolute Gasteiger partial charge is 0.464 e. The van der Waals surface area contributed by atoms with Crippen molar-refractivity contribution in [1.82, 2.24) is 14.9 Å². The molecular weight excluding hydrogens is 304 g/mol. The third-order valence-electron chi connectivity index (χ3n) is 4.37. The van der Waals surface area contributed by atoms with E-state index >= 15 is 0 Å². The van der Waals surface area contributed by atoms with Gasteiger partial charge in [0.1, 0.15) is 5.58 Å². The lowest BCUT2D eigenvalue weighted by molar-refractivity contribution is -0.130. The van der Waals surface area contributed by atoms with E-state index < -0.39 is 0 Å². The van der Waals surface area contributed by atoms with E-state index in [1.54, 1.807) is 24.7 Å². The normalized spacial score (nSPS) is 15.0. The summed E-state index contributed by atoms with van der Waals surface area (Å²) in [6.07, 6.45) is 5.54. The Bertz CT molecular complexity index is 838. The summed E-state index contributed by atoms with van der Waals surface area (Å²) < 4.78 is 5.52. The number of carbonyl (C=O) groups is 1. The Hall–Kier alpha value is -2.89. The van der Waals surface area contributed by atoms with Gasteiger partial charge in [0.25, 0.3) is 0 Å². The van der Waals surface area contributed by atoms with Crippen LogP contribution in [0, 0.1) is 0 Å². The molecule has 1 aromatic carbocycles. The molecule has 2 aromatic heterocycles. The van der Waals surface area contributed by atoms with E-state index in [4.69, 9.17) is 4.42 Å². The average Bonchev–Trinajstić information content (AvgIpc) is 3.06. The van der Waals surface area contributed by atoms with Gasteiger partial charge in [-0.15, -0.1) is 0 Å². The average molecular weight is 322 g/mol. The number of nitrogens with zero attached hydrogens (tertiary/aromatic N) is 4. The summed E-state index contributed by atoms with van der Waals surface area (Å²) in [6, 6.07) is 9.61. The van der Waals surface area contributed by atoms with Crippen molar-refractivity contribution >= 4 is 22.8 Å². The molecule has 3 aromatic rings. The zero-order chi connectivity index (χ0) is 16.4. The molecular formula is C18H18N4O2. The summed E-state index contributed by atoms with van der Waals surface area (Å²) in [4.78, 5) is 25.1. The van der Waals surface area contributed by atoms with Gasteiger partial charge in [0.05, 0.1) is 12.7 Å². The molecule has 4 rings (SSSR count). The lowest BCUT2D eigenvalue weighted by Crippen LogP contribution is -2.49. The maximum absolute atomic E-state index is 12.6. The highest BCUT2D eigenvalue weighted by Gasteiger charge is 2.23. The molecule has 24 heavy (non-hydrogen) atoms. The molecule has 0 aliphatic carbocycles. The van der Waals surface area contributed by atoms with Gasteiger partial charge in [-0.3, -0.25) is 4.79 Å². The smallest absolute Gasteiger partial charge is 0.227 e. The van der Waals surface area contributed by atoms with Crippen LogP contribution >= 0.6 is 0 Å². The highest BCUT2D eigenvalue weighted by molar-refractivity contribution is 5.87. The van der Waals surface area contributed by atoms with Crippen molar-refractivity contribution in [2.45, 2.75) is 6.42 Å². The van der Waals surface area contributed by atoms with Crippen molar-refractivity contribution in [2.75, 3.05) is 31.1 Å². The third kappa shape index (κ3) is 2.82. The second-order valence-electron chi connectivity index (χ2n) is 5.85. The van der Waals surface area contributed by atoms with Crippen LogP contribution in [0.15, 0.2) is 53.4 Å². The van der Waals surface area contributed by atoms with Crippen molar-refractivity contribution in [1.29, 1.82) is 0 Å². The molecule has 1 saturated heterocycles. The van der Waals surface area contributed by atoms with E-state index in [9.17, 15) is 4.79 Å². The van der Waals surface area contributed by atoms with Crippen LogP contribution in [0.1, 0.15) is 5.56 Å². The predicted octanol–water partition coefficient (Wildman–Crippen LogP) is 2.11. The zero-order valence-electron chi connectivity index (χ0n) is 13.3. The van der Waals surface area contributed by atoms with E-state index in [-0.39, 0.29) is 5.91 Å². The van der Waals surface area contributed by atoms with Crippen LogP contribution in [0.4, 0.5) is 5.95 Å². The van der Waals surface area contributed by atoms with Crippen molar-refractivity contribution in [3.63, 3.8) is 0 Å². The minimum atomic E-state index is 0.134. The Morgan fingerprint density at radius 2 is 1.79 bits per heavy atom. The van der Waals surface area contributed by atoms with Gasteiger partial charge in [0, 0.05) is 49.5 Å². The van der Waals surface area contributed by atoms with Crippen LogP contribution in [0.3, 0.4) is 0 Å². The number of furan rings is 1. The fourth-order valence-corrected chi connectivity index (χ4v) is 3.05. The number of anilines is 1. The topological polar surface area (TPSA) is 62.5 Å². The van der Waals surface area contributed by atoms with E-state index in [2.05, 4.69) is 14.9 Å². The number of hydrogen-bond acceptors (Lipinski definition) is 5. The Kier molecular flexibility index (Phi) is 3.86. The van der Waals surface area contributed by atoms with Crippen LogP contribution in [-0.2, 0) is 11.2 Å². The highest BCUT2D eigenvalue weighted by Crippen LogP contribution is 2.22. The van der Waals surface area contributed by atoms with Crippen molar-refractivity contribution < 1.29 is 9.21 Å². The first-order chi connectivity index (χ1) is 11.8. The zero-order valence-corrected chi connectivity index (χ0v) is 13.3. The van der Waals surface area contributed by atoms with Crippen molar-refractivity contribution in [3.05, 3.63) is 54.6 Å². The van der Waals surface area contributed by atoms with Crippen molar-refractivity contribution in [3.8, 4) is 0 Å². The fourth-order valence-electron chi connectivity index (χ4n) is 3.05. The molecule has 6 heteroatoms. The summed E-state index contributed by atoms with van der Waals surface area (Å²) in [6.45, 7) is 2.88. The van der Waals surface area contributed by atoms with E-state index in [0.717, 1.165) is 35.6 Å². The SMILES string of the molecule is O=C(Cc1coc2ccccc12)N1CCN(c2ncccn2)CC1. The summed E-state index contributed by atoms with van der Waals surface area (Å²) in [7, 11) is 0. The maximum Gasteiger partial charge on any atom is 0.227 e. The van der Waals surface area contributed by atoms with Gasteiger partial charge in [-0.05, 0) is 12.1 Å². The van der Waals surface area contributed by atoms with Crippen LogP contribution in [0.2, 0.25) is 0 Å². The summed E-state index contributed by atoms with van der Waals surface area (Å²) in [5.74, 6) is 0.862. The van der Waals surface area contributed by atoms with Gasteiger partial charge >= 0.3 is 0 Å². The molecule has 1 amide bonds. The number of piperazine rings is 1. The number of rotatable bonds is 3. The second-order valence-corrected chi connectivity index (χ2v) is 5.85. The van der Waals surface area contributed by atoms with Crippen LogP contribution in [0.25, 0.3) is 11.0 Å². The number of aromatic nitrogens is 2. The lowest BCUT2D eigenvalue weighted by Gasteiger charge is -2.34. The first-order valence-electron chi connectivity index (χ1n) is 8.06. The Morgan fingerprint density at radius 1 is 1.04 bits per heavy atom.